The molecule has 0 heterocycles. The van der Waals surface area contributed by atoms with Crippen molar-refractivity contribution in [3.05, 3.63) is 11.6 Å². The monoisotopic (exact) mass is 656 g/mol. The molecule has 272 valence electrons. The minimum atomic E-state index is -0.116. The summed E-state index contributed by atoms with van der Waals surface area (Å²) in [6.45, 7) is 18.1. The molecule has 0 bridgehead atoms. The summed E-state index contributed by atoms with van der Waals surface area (Å²) >= 11 is 0. The van der Waals surface area contributed by atoms with Crippen LogP contribution in [-0.2, 0) is 4.74 Å². The van der Waals surface area contributed by atoms with Crippen molar-refractivity contribution in [2.45, 2.75) is 189 Å². The fraction of sp³-hybridized carbons (Fsp3) is 0.929. The molecule has 0 spiro atoms. The molecule has 47 heavy (non-hydrogen) atoms. The van der Waals surface area contributed by atoms with Crippen LogP contribution in [0.15, 0.2) is 11.6 Å². The number of unbranched alkanes of at least 4 members (excludes halogenated alkanes) is 4. The fourth-order valence-corrected chi connectivity index (χ4v) is 11.1. The molecular formula is C42H77N3O2. The average molecular weight is 656 g/mol. The summed E-state index contributed by atoms with van der Waals surface area (Å²) in [5, 5.41) is 0. The first-order valence-electron chi connectivity index (χ1n) is 20.5. The number of hydrogen-bond acceptors (Lipinski definition) is 4. The maximum Gasteiger partial charge on any atom is 0.410 e. The average Bonchev–Trinajstić information content (AvgIpc) is 3.35. The van der Waals surface area contributed by atoms with Crippen molar-refractivity contribution in [1.82, 2.24) is 4.90 Å². The molecule has 3 saturated carbocycles. The largest absolute Gasteiger partial charge is 0.446 e. The van der Waals surface area contributed by atoms with Crippen molar-refractivity contribution in [2.24, 2.45) is 57.8 Å². The third-order valence-electron chi connectivity index (χ3n) is 14.3. The minimum Gasteiger partial charge on any atom is -0.446 e. The Balaban J connectivity index is 1.30. The van der Waals surface area contributed by atoms with Crippen LogP contribution in [0, 0.1) is 46.3 Å². The Kier molecular flexibility index (Phi) is 14.6. The number of nitrogens with zero attached hydrogens (tertiary/aromatic N) is 1. The summed E-state index contributed by atoms with van der Waals surface area (Å²) in [5.41, 5.74) is 14.4. The summed E-state index contributed by atoms with van der Waals surface area (Å²) in [6.07, 6.45) is 26.0. The summed E-state index contributed by atoms with van der Waals surface area (Å²) in [6, 6.07) is 0.383. The van der Waals surface area contributed by atoms with Crippen LogP contribution in [0.1, 0.15) is 170 Å². The first-order chi connectivity index (χ1) is 22.4. The molecule has 4 aliphatic rings. The number of fused-ring (bicyclic) bond motifs is 5. The molecular weight excluding hydrogens is 578 g/mol. The van der Waals surface area contributed by atoms with Crippen LogP contribution in [0.3, 0.4) is 0 Å². The number of carbonyl (C=O) groups excluding carboxylic acids is 1. The second-order valence-corrected chi connectivity index (χ2v) is 18.0. The van der Waals surface area contributed by atoms with Gasteiger partial charge in [-0.1, -0.05) is 91.2 Å². The molecule has 10 unspecified atom stereocenters. The molecule has 0 aromatic heterocycles. The smallest absolute Gasteiger partial charge is 0.410 e. The maximum atomic E-state index is 13.5. The third-order valence-corrected chi connectivity index (χ3v) is 14.3. The molecule has 0 radical (unpaired) electrons. The summed E-state index contributed by atoms with van der Waals surface area (Å²) < 4.78 is 6.31. The van der Waals surface area contributed by atoms with Crippen molar-refractivity contribution in [3.63, 3.8) is 0 Å². The highest BCUT2D eigenvalue weighted by molar-refractivity contribution is 5.67. The van der Waals surface area contributed by atoms with E-state index in [9.17, 15) is 4.79 Å². The van der Waals surface area contributed by atoms with E-state index in [0.29, 0.717) is 18.0 Å². The molecule has 5 nitrogen and oxygen atoms in total. The Morgan fingerprint density at radius 3 is 2.30 bits per heavy atom. The van der Waals surface area contributed by atoms with Gasteiger partial charge in [0.2, 0.25) is 0 Å². The number of allylic oxidation sites excluding steroid dienone is 1. The molecule has 0 saturated heterocycles. The number of carbonyl (C=O) groups is 1. The lowest BCUT2D eigenvalue weighted by molar-refractivity contribution is -0.0535. The second-order valence-electron chi connectivity index (χ2n) is 18.0. The quantitative estimate of drug-likeness (QED) is 0.114. The van der Waals surface area contributed by atoms with Gasteiger partial charge in [-0.15, -0.1) is 0 Å². The van der Waals surface area contributed by atoms with Gasteiger partial charge in [0, 0.05) is 31.6 Å². The van der Waals surface area contributed by atoms with Gasteiger partial charge in [-0.2, -0.15) is 0 Å². The molecule has 4 aliphatic carbocycles. The highest BCUT2D eigenvalue weighted by Gasteiger charge is 2.58. The van der Waals surface area contributed by atoms with E-state index in [2.05, 4.69) is 47.6 Å². The van der Waals surface area contributed by atoms with Gasteiger partial charge in [-0.25, -0.2) is 4.79 Å². The Labute approximate surface area is 291 Å². The van der Waals surface area contributed by atoms with Gasteiger partial charge >= 0.3 is 6.09 Å². The van der Waals surface area contributed by atoms with Gasteiger partial charge in [0.1, 0.15) is 6.10 Å². The third kappa shape index (κ3) is 9.80. The van der Waals surface area contributed by atoms with Crippen LogP contribution in [0.4, 0.5) is 4.79 Å². The number of hydrogen-bond donors (Lipinski definition) is 2. The van der Waals surface area contributed by atoms with Crippen molar-refractivity contribution < 1.29 is 9.53 Å². The van der Waals surface area contributed by atoms with Crippen LogP contribution < -0.4 is 11.5 Å². The lowest BCUT2D eigenvalue weighted by atomic mass is 9.47. The van der Waals surface area contributed by atoms with Crippen LogP contribution >= 0.6 is 0 Å². The number of rotatable bonds is 18. The van der Waals surface area contributed by atoms with Crippen LogP contribution in [0.25, 0.3) is 0 Å². The van der Waals surface area contributed by atoms with Crippen LogP contribution in [-0.4, -0.2) is 42.3 Å². The van der Waals surface area contributed by atoms with E-state index in [1.807, 2.05) is 11.8 Å². The predicted octanol–water partition coefficient (Wildman–Crippen LogP) is 10.7. The van der Waals surface area contributed by atoms with Crippen molar-refractivity contribution in [1.29, 1.82) is 0 Å². The maximum absolute atomic E-state index is 13.5. The zero-order chi connectivity index (χ0) is 34.2. The van der Waals surface area contributed by atoms with Crippen molar-refractivity contribution >= 4 is 6.09 Å². The zero-order valence-electron chi connectivity index (χ0n) is 32.0. The van der Waals surface area contributed by atoms with Gasteiger partial charge in [0.05, 0.1) is 0 Å². The van der Waals surface area contributed by atoms with E-state index in [0.717, 1.165) is 80.6 Å². The van der Waals surface area contributed by atoms with Gasteiger partial charge in [0.25, 0.3) is 0 Å². The van der Waals surface area contributed by atoms with Crippen LogP contribution in [0.5, 0.6) is 0 Å². The normalized spacial score (nSPS) is 33.7. The molecule has 3 fully saturated rings. The Hall–Kier alpha value is -1.07. The highest BCUT2D eigenvalue weighted by atomic mass is 16.6. The summed E-state index contributed by atoms with van der Waals surface area (Å²) in [4.78, 5) is 15.5. The SMILES string of the molecule is CCC(CCCC1CCC2C3CC=C4CC(OC(=O)N(CCCCCCCC(C)N)CCC(C)N)CCC4(C)C3CCC12C)C(C)C. The molecule has 0 aromatic carbocycles. The standard InChI is InChI=1S/C42H77N3O2/c1-8-33(30(2)3)16-14-17-34-19-21-38-37-20-18-35-29-36(22-25-42(35,7)39(37)23-26-41(34,38)6)47-40(46)45(28-24-32(5)44)27-13-11-9-10-12-15-31(4)43/h18,30-34,36-39H,8-17,19-29,43-44H2,1-7H3. The van der Waals surface area contributed by atoms with E-state index < -0.39 is 0 Å². The molecule has 0 aliphatic heterocycles. The molecule has 4 N–H and O–H groups in total. The highest BCUT2D eigenvalue weighted by Crippen LogP contribution is 2.67. The Morgan fingerprint density at radius 1 is 0.872 bits per heavy atom. The van der Waals surface area contributed by atoms with Crippen molar-refractivity contribution in [2.75, 3.05) is 13.1 Å². The zero-order valence-corrected chi connectivity index (χ0v) is 32.0. The van der Waals surface area contributed by atoms with Gasteiger partial charge in [-0.3, -0.25) is 0 Å². The lowest BCUT2D eigenvalue weighted by Crippen LogP contribution is -2.50. The first kappa shape index (κ1) is 38.7. The number of ether oxygens (including phenoxy) is 1. The second kappa shape index (κ2) is 17.7. The van der Waals surface area contributed by atoms with Gasteiger partial charge in [0.15, 0.2) is 0 Å². The van der Waals surface area contributed by atoms with Crippen molar-refractivity contribution in [3.8, 4) is 0 Å². The molecule has 5 heteroatoms. The fourth-order valence-electron chi connectivity index (χ4n) is 11.1. The molecule has 1 amide bonds. The Morgan fingerprint density at radius 2 is 1.60 bits per heavy atom. The number of nitrogens with two attached hydrogens (primary N) is 2. The first-order valence-corrected chi connectivity index (χ1v) is 20.5. The van der Waals surface area contributed by atoms with E-state index in [-0.39, 0.29) is 23.7 Å². The lowest BCUT2D eigenvalue weighted by Gasteiger charge is -2.58. The van der Waals surface area contributed by atoms with E-state index in [1.165, 1.54) is 83.5 Å². The summed E-state index contributed by atoms with van der Waals surface area (Å²) in [5.74, 6) is 5.19. The predicted molar refractivity (Wildman–Crippen MR) is 199 cm³/mol. The molecule has 10 atom stereocenters. The summed E-state index contributed by atoms with van der Waals surface area (Å²) in [7, 11) is 0. The van der Waals surface area contributed by atoms with E-state index >= 15 is 0 Å². The number of amides is 1. The topological polar surface area (TPSA) is 81.6 Å². The van der Waals surface area contributed by atoms with Gasteiger partial charge < -0.3 is 21.1 Å². The molecule has 4 rings (SSSR count). The van der Waals surface area contributed by atoms with Crippen LogP contribution in [0.2, 0.25) is 0 Å². The van der Waals surface area contributed by atoms with Gasteiger partial charge in [-0.05, 0) is 131 Å². The minimum absolute atomic E-state index is 0.0110. The Bertz CT molecular complexity index is 992. The molecule has 0 aromatic rings. The van der Waals surface area contributed by atoms with E-state index in [4.69, 9.17) is 16.2 Å². The van der Waals surface area contributed by atoms with E-state index in [1.54, 1.807) is 5.57 Å².